The number of amides is 1. The molecule has 0 aromatic heterocycles. The van der Waals surface area contributed by atoms with Gasteiger partial charge in [0.1, 0.15) is 0 Å². The third-order valence-electron chi connectivity index (χ3n) is 3.15. The lowest BCUT2D eigenvalue weighted by Gasteiger charge is -2.12. The maximum Gasteiger partial charge on any atom is 0.251 e. The van der Waals surface area contributed by atoms with Crippen molar-refractivity contribution in [3.8, 4) is 0 Å². The topological polar surface area (TPSA) is 55.1 Å². The molecule has 0 saturated carbocycles. The fourth-order valence-corrected chi connectivity index (χ4v) is 2.46. The van der Waals surface area contributed by atoms with Crippen LogP contribution < -0.4 is 11.1 Å². The molecule has 1 unspecified atom stereocenters. The van der Waals surface area contributed by atoms with Gasteiger partial charge >= 0.3 is 0 Å². The Morgan fingerprint density at radius 1 is 1.24 bits per heavy atom. The molecular weight excluding hydrogens is 399 g/mol. The van der Waals surface area contributed by atoms with Crippen molar-refractivity contribution in [2.24, 2.45) is 5.73 Å². The van der Waals surface area contributed by atoms with Gasteiger partial charge in [-0.2, -0.15) is 0 Å². The van der Waals surface area contributed by atoms with Crippen LogP contribution in [-0.4, -0.2) is 12.5 Å². The maximum absolute atomic E-state index is 12.0. The smallest absolute Gasteiger partial charge is 0.251 e. The lowest BCUT2D eigenvalue weighted by atomic mass is 10.1. The highest BCUT2D eigenvalue weighted by molar-refractivity contribution is 14.1. The normalized spacial score (nSPS) is 12.0. The lowest BCUT2D eigenvalue weighted by molar-refractivity contribution is 0.0952. The molecule has 0 heterocycles. The van der Waals surface area contributed by atoms with Gasteiger partial charge in [0.05, 0.1) is 5.02 Å². The van der Waals surface area contributed by atoms with Crippen molar-refractivity contribution in [2.75, 3.05) is 6.54 Å². The number of halogens is 2. The summed E-state index contributed by atoms with van der Waals surface area (Å²) in [4.78, 5) is 12.0. The highest BCUT2D eigenvalue weighted by Gasteiger charge is 2.09. The van der Waals surface area contributed by atoms with Gasteiger partial charge in [0.2, 0.25) is 0 Å². The van der Waals surface area contributed by atoms with Gasteiger partial charge in [0, 0.05) is 21.7 Å². The molecule has 2 aromatic carbocycles. The zero-order valence-electron chi connectivity index (χ0n) is 11.4. The van der Waals surface area contributed by atoms with Gasteiger partial charge in [-0.05, 0) is 52.8 Å². The molecule has 0 aliphatic heterocycles. The molecule has 2 aromatic rings. The van der Waals surface area contributed by atoms with Crippen LogP contribution in [0.15, 0.2) is 48.5 Å². The van der Waals surface area contributed by atoms with Crippen molar-refractivity contribution in [3.63, 3.8) is 0 Å². The number of hydrogen-bond donors (Lipinski definition) is 2. The number of carbonyl (C=O) groups excluding carboxylic acids is 1. The Kier molecular flexibility index (Phi) is 6.02. The molecule has 0 fully saturated rings. The zero-order valence-corrected chi connectivity index (χ0v) is 14.3. The molecule has 3 nitrogen and oxygen atoms in total. The van der Waals surface area contributed by atoms with Crippen molar-refractivity contribution < 1.29 is 4.79 Å². The van der Waals surface area contributed by atoms with Crippen molar-refractivity contribution in [1.82, 2.24) is 5.32 Å². The van der Waals surface area contributed by atoms with Gasteiger partial charge in [-0.15, -0.1) is 0 Å². The van der Waals surface area contributed by atoms with Gasteiger partial charge < -0.3 is 11.1 Å². The monoisotopic (exact) mass is 414 g/mol. The molecule has 5 heteroatoms. The molecule has 1 atom stereocenters. The molecule has 0 aliphatic rings. The van der Waals surface area contributed by atoms with Gasteiger partial charge in [-0.25, -0.2) is 0 Å². The predicted molar refractivity (Wildman–Crippen MR) is 94.5 cm³/mol. The second-order valence-corrected chi connectivity index (χ2v) is 6.26. The number of carbonyl (C=O) groups is 1. The van der Waals surface area contributed by atoms with E-state index in [-0.39, 0.29) is 11.9 Å². The summed E-state index contributed by atoms with van der Waals surface area (Å²) in [6.07, 6.45) is 0.688. The fraction of sp³-hybridized carbons (Fsp3) is 0.188. The van der Waals surface area contributed by atoms with Crippen LogP contribution in [-0.2, 0) is 0 Å². The molecule has 3 N–H and O–H groups in total. The first-order valence-electron chi connectivity index (χ1n) is 6.61. The Morgan fingerprint density at radius 2 is 1.95 bits per heavy atom. The van der Waals surface area contributed by atoms with E-state index >= 15 is 0 Å². The van der Waals surface area contributed by atoms with E-state index in [9.17, 15) is 4.79 Å². The Labute approximate surface area is 143 Å². The molecule has 0 saturated heterocycles. The molecule has 0 bridgehead atoms. The van der Waals surface area contributed by atoms with E-state index in [2.05, 4.69) is 27.9 Å². The van der Waals surface area contributed by atoms with E-state index in [1.807, 2.05) is 36.4 Å². The van der Waals surface area contributed by atoms with Crippen LogP contribution in [0, 0.1) is 3.57 Å². The van der Waals surface area contributed by atoms with Crippen LogP contribution in [0.3, 0.4) is 0 Å². The molecule has 0 radical (unpaired) electrons. The summed E-state index contributed by atoms with van der Waals surface area (Å²) in [6.45, 7) is 0.526. The Balaban J connectivity index is 1.85. The zero-order chi connectivity index (χ0) is 15.2. The third-order valence-corrected chi connectivity index (χ3v) is 4.72. The first-order valence-corrected chi connectivity index (χ1v) is 8.07. The van der Waals surface area contributed by atoms with Crippen LogP contribution in [0.1, 0.15) is 28.4 Å². The Hall–Kier alpha value is -1.11. The SMILES string of the molecule is NC(CCNC(=O)c1ccc(I)c(Cl)c1)c1ccccc1. The number of nitrogens with one attached hydrogen (secondary N) is 1. The van der Waals surface area contributed by atoms with E-state index in [4.69, 9.17) is 17.3 Å². The average Bonchev–Trinajstić information content (AvgIpc) is 2.50. The van der Waals surface area contributed by atoms with Crippen LogP contribution in [0.25, 0.3) is 0 Å². The highest BCUT2D eigenvalue weighted by Crippen LogP contribution is 2.19. The summed E-state index contributed by atoms with van der Waals surface area (Å²) in [5, 5.41) is 3.45. The van der Waals surface area contributed by atoms with Crippen molar-refractivity contribution in [2.45, 2.75) is 12.5 Å². The molecule has 21 heavy (non-hydrogen) atoms. The van der Waals surface area contributed by atoms with Crippen LogP contribution in [0.5, 0.6) is 0 Å². The van der Waals surface area contributed by atoms with Crippen molar-refractivity contribution >= 4 is 40.1 Å². The summed E-state index contributed by atoms with van der Waals surface area (Å²) in [7, 11) is 0. The number of nitrogens with two attached hydrogens (primary N) is 1. The molecule has 110 valence electrons. The summed E-state index contributed by atoms with van der Waals surface area (Å²) in [6, 6.07) is 15.0. The van der Waals surface area contributed by atoms with Crippen LogP contribution in [0.4, 0.5) is 0 Å². The van der Waals surface area contributed by atoms with Crippen LogP contribution >= 0.6 is 34.2 Å². The molecular formula is C16H16ClIN2O. The summed E-state index contributed by atoms with van der Waals surface area (Å²) in [5.74, 6) is -0.131. The third kappa shape index (κ3) is 4.69. The average molecular weight is 415 g/mol. The number of hydrogen-bond acceptors (Lipinski definition) is 2. The van der Waals surface area contributed by atoms with E-state index in [1.54, 1.807) is 12.1 Å². The van der Waals surface area contributed by atoms with Gasteiger partial charge in [0.25, 0.3) is 5.91 Å². The predicted octanol–water partition coefficient (Wildman–Crippen LogP) is 3.76. The minimum atomic E-state index is -0.131. The Morgan fingerprint density at radius 3 is 2.62 bits per heavy atom. The first kappa shape index (κ1) is 16.3. The van der Waals surface area contributed by atoms with Crippen molar-refractivity contribution in [1.29, 1.82) is 0 Å². The maximum atomic E-state index is 12.0. The highest BCUT2D eigenvalue weighted by atomic mass is 127. The largest absolute Gasteiger partial charge is 0.352 e. The van der Waals surface area contributed by atoms with Gasteiger partial charge in [0.15, 0.2) is 0 Å². The summed E-state index contributed by atoms with van der Waals surface area (Å²) in [5.41, 5.74) is 7.73. The minimum Gasteiger partial charge on any atom is -0.352 e. The van der Waals surface area contributed by atoms with E-state index in [0.29, 0.717) is 23.6 Å². The van der Waals surface area contributed by atoms with E-state index in [1.165, 1.54) is 0 Å². The second-order valence-electron chi connectivity index (χ2n) is 4.69. The standard InChI is InChI=1S/C16H16ClIN2O/c17-13-10-12(6-7-14(13)18)16(21)20-9-8-15(19)11-4-2-1-3-5-11/h1-7,10,15H,8-9,19H2,(H,20,21). The fourth-order valence-electron chi connectivity index (χ4n) is 1.95. The first-order chi connectivity index (χ1) is 10.1. The van der Waals surface area contributed by atoms with E-state index in [0.717, 1.165) is 9.13 Å². The Bertz CT molecular complexity index is 619. The second kappa shape index (κ2) is 7.77. The summed E-state index contributed by atoms with van der Waals surface area (Å²) < 4.78 is 0.928. The number of rotatable bonds is 5. The van der Waals surface area contributed by atoms with Crippen molar-refractivity contribution in [3.05, 3.63) is 68.3 Å². The van der Waals surface area contributed by atoms with Gasteiger partial charge in [-0.3, -0.25) is 4.79 Å². The quantitative estimate of drug-likeness (QED) is 0.732. The van der Waals surface area contributed by atoms with E-state index < -0.39 is 0 Å². The van der Waals surface area contributed by atoms with Crippen LogP contribution in [0.2, 0.25) is 5.02 Å². The minimum absolute atomic E-state index is 0.0770. The lowest BCUT2D eigenvalue weighted by Crippen LogP contribution is -2.27. The summed E-state index contributed by atoms with van der Waals surface area (Å²) >= 11 is 8.14. The van der Waals surface area contributed by atoms with Gasteiger partial charge in [-0.1, -0.05) is 41.9 Å². The number of benzene rings is 2. The molecule has 0 aliphatic carbocycles. The molecule has 2 rings (SSSR count). The molecule has 1 amide bonds. The molecule has 0 spiro atoms.